The van der Waals surface area contributed by atoms with Crippen LogP contribution in [-0.4, -0.2) is 27.6 Å². The predicted molar refractivity (Wildman–Crippen MR) is 117 cm³/mol. The van der Waals surface area contributed by atoms with Crippen molar-refractivity contribution in [3.8, 4) is 11.3 Å². The third kappa shape index (κ3) is 3.24. The first-order valence-electron chi connectivity index (χ1n) is 10.4. The second-order valence-corrected chi connectivity index (χ2v) is 8.31. The number of pyridine rings is 1. The van der Waals surface area contributed by atoms with Crippen LogP contribution >= 0.6 is 0 Å². The summed E-state index contributed by atoms with van der Waals surface area (Å²) < 4.78 is 14.3. The molecular formula is C22H23FN8O. The summed E-state index contributed by atoms with van der Waals surface area (Å²) in [6.45, 7) is 0.527. The zero-order valence-corrected chi connectivity index (χ0v) is 17.2. The fourth-order valence-electron chi connectivity index (χ4n) is 4.28. The monoisotopic (exact) mass is 434 g/mol. The summed E-state index contributed by atoms with van der Waals surface area (Å²) in [5, 5.41) is 11.9. The Balaban J connectivity index is 1.34. The predicted octanol–water partition coefficient (Wildman–Crippen LogP) is 1.74. The zero-order valence-electron chi connectivity index (χ0n) is 17.2. The molecule has 3 heterocycles. The van der Waals surface area contributed by atoms with Crippen LogP contribution in [0.2, 0.25) is 0 Å². The third-order valence-corrected chi connectivity index (χ3v) is 6.37. The molecule has 0 spiro atoms. The van der Waals surface area contributed by atoms with Crippen molar-refractivity contribution in [2.75, 3.05) is 17.3 Å². The molecule has 32 heavy (non-hydrogen) atoms. The fraction of sp³-hybridized carbons (Fsp3) is 0.273. The van der Waals surface area contributed by atoms with Gasteiger partial charge in [0.2, 0.25) is 0 Å². The number of hydrogen-bond donors (Lipinski definition) is 5. The molecule has 1 aliphatic heterocycles. The number of nitrogens with two attached hydrogens (primary N) is 2. The molecule has 1 atom stereocenters. The maximum absolute atomic E-state index is 14.3. The van der Waals surface area contributed by atoms with Crippen molar-refractivity contribution in [3.05, 3.63) is 65.7 Å². The molecule has 3 aromatic rings. The quantitative estimate of drug-likeness (QED) is 0.395. The fourth-order valence-corrected chi connectivity index (χ4v) is 4.28. The van der Waals surface area contributed by atoms with E-state index in [1.54, 1.807) is 24.4 Å². The van der Waals surface area contributed by atoms with E-state index in [9.17, 15) is 9.18 Å². The molecule has 9 nitrogen and oxygen atoms in total. The van der Waals surface area contributed by atoms with E-state index < -0.39 is 11.6 Å². The Hall–Kier alpha value is -3.63. The molecule has 164 valence electrons. The van der Waals surface area contributed by atoms with Gasteiger partial charge in [0, 0.05) is 29.3 Å². The van der Waals surface area contributed by atoms with Gasteiger partial charge in [-0.15, -0.1) is 10.2 Å². The molecule has 10 heteroatoms. The van der Waals surface area contributed by atoms with E-state index in [0.29, 0.717) is 35.0 Å². The first-order chi connectivity index (χ1) is 15.4. The minimum absolute atomic E-state index is 0.275. The highest BCUT2D eigenvalue weighted by Crippen LogP contribution is 2.43. The van der Waals surface area contributed by atoms with Crippen molar-refractivity contribution >= 4 is 17.4 Å². The molecule has 7 N–H and O–H groups in total. The Morgan fingerprint density at radius 2 is 2.03 bits per heavy atom. The number of rotatable bonds is 6. The van der Waals surface area contributed by atoms with Gasteiger partial charge in [-0.2, -0.15) is 0 Å². The summed E-state index contributed by atoms with van der Waals surface area (Å²) in [5.41, 5.74) is 18.4. The molecule has 0 radical (unpaired) electrons. The average molecular weight is 434 g/mol. The normalized spacial score (nSPS) is 20.7. The molecule has 0 saturated heterocycles. The number of carbonyl (C=O) groups is 1. The van der Waals surface area contributed by atoms with Gasteiger partial charge in [0.15, 0.2) is 5.66 Å². The van der Waals surface area contributed by atoms with Crippen LogP contribution in [-0.2, 0) is 15.9 Å². The number of nitrogens with one attached hydrogen (secondary N) is 3. The number of aromatic nitrogens is 3. The molecule has 1 saturated carbocycles. The molecule has 0 bridgehead atoms. The van der Waals surface area contributed by atoms with E-state index in [1.807, 2.05) is 18.2 Å². The lowest BCUT2D eigenvalue weighted by Crippen LogP contribution is -2.57. The van der Waals surface area contributed by atoms with Gasteiger partial charge in [0.1, 0.15) is 11.6 Å². The largest absolute Gasteiger partial charge is 0.368 e. The molecule has 1 fully saturated rings. The second-order valence-electron chi connectivity index (χ2n) is 8.31. The van der Waals surface area contributed by atoms with Crippen LogP contribution in [0.15, 0.2) is 48.7 Å². The number of hydrogen-bond acceptors (Lipinski definition) is 8. The number of primary amides is 1. The van der Waals surface area contributed by atoms with Gasteiger partial charge in [0.05, 0.1) is 17.1 Å². The molecule has 1 unspecified atom stereocenters. The third-order valence-electron chi connectivity index (χ3n) is 6.37. The maximum Gasteiger partial charge on any atom is 0.258 e. The van der Waals surface area contributed by atoms with Crippen molar-refractivity contribution in [1.29, 1.82) is 0 Å². The lowest BCUT2D eigenvalue weighted by atomic mass is 9.66. The van der Waals surface area contributed by atoms with Crippen molar-refractivity contribution in [3.63, 3.8) is 0 Å². The van der Waals surface area contributed by atoms with Crippen molar-refractivity contribution in [1.82, 2.24) is 20.6 Å². The van der Waals surface area contributed by atoms with Crippen LogP contribution in [0.5, 0.6) is 0 Å². The van der Waals surface area contributed by atoms with Gasteiger partial charge >= 0.3 is 0 Å². The number of nitrogens with zero attached hydrogens (tertiary/aromatic N) is 3. The molecule has 2 aliphatic rings. The van der Waals surface area contributed by atoms with E-state index >= 15 is 0 Å². The summed E-state index contributed by atoms with van der Waals surface area (Å²) in [6, 6.07) is 12.1. The molecule has 5 rings (SSSR count). The maximum atomic E-state index is 14.3. The summed E-state index contributed by atoms with van der Waals surface area (Å²) in [5.74, 6) is -0.380. The first-order valence-corrected chi connectivity index (χ1v) is 10.4. The van der Waals surface area contributed by atoms with Crippen LogP contribution in [0.3, 0.4) is 0 Å². The molecular weight excluding hydrogens is 411 g/mol. The SMILES string of the molecule is NC(=O)C1(N)NNc2ccc(-c3ccc(NCC4(c5ncccc5F)CCC4)nn3)cc21. The molecule has 1 aliphatic carbocycles. The van der Waals surface area contributed by atoms with Crippen LogP contribution in [0.4, 0.5) is 15.9 Å². The standard InChI is InChI=1S/C22H23FN8O/c23-15-3-1-10-26-19(15)21(8-2-9-21)12-27-18-7-6-16(28-30-18)13-4-5-17-14(11-13)22(25,20(24)32)31-29-17/h1,3-7,10-11,29,31H,2,8-9,12,25H2,(H2,24,32)(H,27,30). The lowest BCUT2D eigenvalue weighted by molar-refractivity contribution is -0.124. The van der Waals surface area contributed by atoms with Gasteiger partial charge < -0.3 is 22.2 Å². The minimum Gasteiger partial charge on any atom is -0.368 e. The summed E-state index contributed by atoms with van der Waals surface area (Å²) in [7, 11) is 0. The van der Waals surface area contributed by atoms with Crippen LogP contribution in [0, 0.1) is 5.82 Å². The van der Waals surface area contributed by atoms with Gasteiger partial charge in [-0.1, -0.05) is 12.5 Å². The summed E-state index contributed by atoms with van der Waals surface area (Å²) >= 11 is 0. The van der Waals surface area contributed by atoms with Gasteiger partial charge in [-0.05, 0) is 49.2 Å². The van der Waals surface area contributed by atoms with Crippen LogP contribution in [0.25, 0.3) is 11.3 Å². The van der Waals surface area contributed by atoms with Gasteiger partial charge in [-0.25, -0.2) is 9.82 Å². The number of anilines is 2. The zero-order chi connectivity index (χ0) is 22.3. The Labute approximate surface area is 183 Å². The molecule has 1 amide bonds. The molecule has 2 aromatic heterocycles. The average Bonchev–Trinajstić information content (AvgIpc) is 3.12. The Morgan fingerprint density at radius 1 is 1.19 bits per heavy atom. The highest BCUT2D eigenvalue weighted by molar-refractivity contribution is 5.90. The Morgan fingerprint density at radius 3 is 2.69 bits per heavy atom. The highest BCUT2D eigenvalue weighted by atomic mass is 19.1. The van der Waals surface area contributed by atoms with Crippen LogP contribution < -0.4 is 27.6 Å². The van der Waals surface area contributed by atoms with E-state index in [-0.39, 0.29) is 11.2 Å². The topological polar surface area (TPSA) is 144 Å². The number of hydrazine groups is 1. The Bertz CT molecular complexity index is 1180. The summed E-state index contributed by atoms with van der Waals surface area (Å²) in [6.07, 6.45) is 4.41. The number of carbonyl (C=O) groups excluding carboxylic acids is 1. The van der Waals surface area contributed by atoms with Crippen molar-refractivity contribution in [2.24, 2.45) is 11.5 Å². The van der Waals surface area contributed by atoms with Crippen molar-refractivity contribution < 1.29 is 9.18 Å². The minimum atomic E-state index is -1.50. The van der Waals surface area contributed by atoms with E-state index in [0.717, 1.165) is 24.8 Å². The number of amides is 1. The smallest absolute Gasteiger partial charge is 0.258 e. The Kier molecular flexibility index (Phi) is 4.75. The number of fused-ring (bicyclic) bond motifs is 1. The van der Waals surface area contributed by atoms with Gasteiger partial charge in [0.25, 0.3) is 5.91 Å². The van der Waals surface area contributed by atoms with Crippen LogP contribution in [0.1, 0.15) is 30.5 Å². The highest BCUT2D eigenvalue weighted by Gasteiger charge is 2.42. The lowest BCUT2D eigenvalue weighted by Gasteiger charge is -2.41. The van der Waals surface area contributed by atoms with Gasteiger partial charge in [-0.3, -0.25) is 9.78 Å². The molecule has 1 aromatic carbocycles. The first kappa shape index (κ1) is 20.3. The van der Waals surface area contributed by atoms with Crippen molar-refractivity contribution in [2.45, 2.75) is 30.3 Å². The van der Waals surface area contributed by atoms with E-state index in [4.69, 9.17) is 11.5 Å². The number of benzene rings is 1. The van der Waals surface area contributed by atoms with E-state index in [1.165, 1.54) is 6.07 Å². The summed E-state index contributed by atoms with van der Waals surface area (Å²) in [4.78, 5) is 16.1. The number of halogens is 1. The van der Waals surface area contributed by atoms with E-state index in [2.05, 4.69) is 31.3 Å². The second kappa shape index (κ2) is 7.50.